The van der Waals surface area contributed by atoms with Crippen LogP contribution >= 0.6 is 0 Å². The molecular weight excluding hydrogens is 423 g/mol. The number of rotatable bonds is 5. The van der Waals surface area contributed by atoms with Crippen LogP contribution in [-0.2, 0) is 4.79 Å². The summed E-state index contributed by atoms with van der Waals surface area (Å²) in [4.78, 5) is 40.8. The number of halogens is 1. The van der Waals surface area contributed by atoms with Crippen LogP contribution in [0.5, 0.6) is 0 Å². The van der Waals surface area contributed by atoms with Gasteiger partial charge in [0.1, 0.15) is 5.82 Å². The zero-order chi connectivity index (χ0) is 23.7. The fraction of sp³-hybridized carbons (Fsp3) is 0.280. The van der Waals surface area contributed by atoms with Crippen molar-refractivity contribution in [3.63, 3.8) is 0 Å². The van der Waals surface area contributed by atoms with E-state index in [9.17, 15) is 18.8 Å². The number of Topliss-reactive ketones (excluding diaryl/α,β-unsaturated/α-hetero) is 2. The van der Waals surface area contributed by atoms with E-state index in [0.29, 0.717) is 54.4 Å². The molecule has 1 amide bonds. The summed E-state index contributed by atoms with van der Waals surface area (Å²) in [5.41, 5.74) is 2.95. The molecule has 3 aromatic rings. The summed E-state index contributed by atoms with van der Waals surface area (Å²) in [7, 11) is 0. The number of benzene rings is 2. The molecule has 8 heteroatoms. The first-order chi connectivity index (χ1) is 15.8. The zero-order valence-electron chi connectivity index (χ0n) is 18.8. The van der Waals surface area contributed by atoms with Crippen molar-refractivity contribution in [1.29, 1.82) is 0 Å². The average Bonchev–Trinajstić information content (AvgIpc) is 3.12. The number of anilines is 1. The van der Waals surface area contributed by atoms with Crippen molar-refractivity contribution < 1.29 is 18.8 Å². The minimum atomic E-state index is -0.586. The second kappa shape index (κ2) is 8.97. The van der Waals surface area contributed by atoms with E-state index in [-0.39, 0.29) is 5.78 Å². The maximum atomic E-state index is 14.5. The number of hydrogen-bond acceptors (Lipinski definition) is 5. The topological polar surface area (TPSA) is 75.5 Å². The van der Waals surface area contributed by atoms with Crippen LogP contribution in [0.4, 0.5) is 10.1 Å². The third kappa shape index (κ3) is 4.28. The Bertz CT molecular complexity index is 1230. The largest absolute Gasteiger partial charge is 0.366 e. The SMILES string of the molecule is CC(=O)c1ccc(N2CCN(C(=O)C(=O)c3c(C)nn(-c4ccccc4)c3C)CC2)c(F)c1. The van der Waals surface area contributed by atoms with Gasteiger partial charge in [-0.3, -0.25) is 14.4 Å². The number of piperazine rings is 1. The number of aryl methyl sites for hydroxylation is 1. The van der Waals surface area contributed by atoms with Crippen molar-refractivity contribution in [3.8, 4) is 5.69 Å². The number of aromatic nitrogens is 2. The third-order valence-corrected chi connectivity index (χ3v) is 5.98. The Hall–Kier alpha value is -3.81. The lowest BCUT2D eigenvalue weighted by atomic mass is 10.1. The monoisotopic (exact) mass is 448 g/mol. The molecule has 4 rings (SSSR count). The highest BCUT2D eigenvalue weighted by Crippen LogP contribution is 2.23. The lowest BCUT2D eigenvalue weighted by Crippen LogP contribution is -2.51. The zero-order valence-corrected chi connectivity index (χ0v) is 18.8. The van der Waals surface area contributed by atoms with Crippen LogP contribution in [0.2, 0.25) is 0 Å². The summed E-state index contributed by atoms with van der Waals surface area (Å²) in [6.45, 7) is 6.25. The minimum absolute atomic E-state index is 0.199. The maximum Gasteiger partial charge on any atom is 0.295 e. The molecule has 1 aromatic heterocycles. The molecule has 0 atom stereocenters. The molecule has 1 aliphatic heterocycles. The van der Waals surface area contributed by atoms with Crippen molar-refractivity contribution in [2.75, 3.05) is 31.1 Å². The smallest absolute Gasteiger partial charge is 0.295 e. The normalized spacial score (nSPS) is 13.8. The Morgan fingerprint density at radius 3 is 2.21 bits per heavy atom. The standard InChI is InChI=1S/C25H25FN4O3/c1-16-23(17(2)30(27-16)20-7-5-4-6-8-20)24(32)25(33)29-13-11-28(12-14-29)22-10-9-19(18(3)31)15-21(22)26/h4-10,15H,11-14H2,1-3H3. The van der Waals surface area contributed by atoms with Crippen LogP contribution < -0.4 is 4.90 Å². The van der Waals surface area contributed by atoms with E-state index in [4.69, 9.17) is 0 Å². The molecule has 0 radical (unpaired) electrons. The van der Waals surface area contributed by atoms with E-state index < -0.39 is 17.5 Å². The molecule has 2 aromatic carbocycles. The first-order valence-corrected chi connectivity index (χ1v) is 10.8. The summed E-state index contributed by atoms with van der Waals surface area (Å²) in [5.74, 6) is -1.84. The van der Waals surface area contributed by atoms with Gasteiger partial charge in [-0.1, -0.05) is 18.2 Å². The van der Waals surface area contributed by atoms with Gasteiger partial charge in [0.2, 0.25) is 0 Å². The molecule has 7 nitrogen and oxygen atoms in total. The lowest BCUT2D eigenvalue weighted by Gasteiger charge is -2.36. The summed E-state index contributed by atoms with van der Waals surface area (Å²) >= 11 is 0. The number of carbonyl (C=O) groups excluding carboxylic acids is 3. The van der Waals surface area contributed by atoms with Gasteiger partial charge in [0.25, 0.3) is 11.7 Å². The Kier molecular flexibility index (Phi) is 6.09. The van der Waals surface area contributed by atoms with Gasteiger partial charge in [0.05, 0.1) is 28.3 Å². The number of nitrogens with zero attached hydrogens (tertiary/aromatic N) is 4. The number of carbonyl (C=O) groups is 3. The fourth-order valence-electron chi connectivity index (χ4n) is 4.18. The van der Waals surface area contributed by atoms with Crippen molar-refractivity contribution in [2.24, 2.45) is 0 Å². The molecular formula is C25H25FN4O3. The Morgan fingerprint density at radius 1 is 0.939 bits per heavy atom. The van der Waals surface area contributed by atoms with Gasteiger partial charge in [0.15, 0.2) is 5.78 Å². The fourth-order valence-corrected chi connectivity index (χ4v) is 4.18. The lowest BCUT2D eigenvalue weighted by molar-refractivity contribution is -0.126. The molecule has 0 unspecified atom stereocenters. The molecule has 0 bridgehead atoms. The summed E-state index contributed by atoms with van der Waals surface area (Å²) < 4.78 is 16.2. The highest BCUT2D eigenvalue weighted by molar-refractivity contribution is 6.43. The second-order valence-corrected chi connectivity index (χ2v) is 8.12. The second-order valence-electron chi connectivity index (χ2n) is 8.12. The molecule has 1 saturated heterocycles. The van der Waals surface area contributed by atoms with E-state index in [0.717, 1.165) is 5.69 Å². The predicted molar refractivity (Wildman–Crippen MR) is 123 cm³/mol. The van der Waals surface area contributed by atoms with E-state index >= 15 is 0 Å². The average molecular weight is 448 g/mol. The van der Waals surface area contributed by atoms with Crippen molar-refractivity contribution in [2.45, 2.75) is 20.8 Å². The number of hydrogen-bond donors (Lipinski definition) is 0. The van der Waals surface area contributed by atoms with Crippen molar-refractivity contribution in [3.05, 3.63) is 76.9 Å². The van der Waals surface area contributed by atoms with Gasteiger partial charge < -0.3 is 9.80 Å². The third-order valence-electron chi connectivity index (χ3n) is 5.98. The first-order valence-electron chi connectivity index (χ1n) is 10.8. The quantitative estimate of drug-likeness (QED) is 0.442. The maximum absolute atomic E-state index is 14.5. The summed E-state index contributed by atoms with van der Waals surface area (Å²) in [6, 6.07) is 13.8. The summed E-state index contributed by atoms with van der Waals surface area (Å²) in [6.07, 6.45) is 0. The number of ketones is 2. The number of amides is 1. The van der Waals surface area contributed by atoms with Gasteiger partial charge in [0, 0.05) is 31.7 Å². The van der Waals surface area contributed by atoms with Gasteiger partial charge >= 0.3 is 0 Å². The van der Waals surface area contributed by atoms with Crippen LogP contribution in [0.15, 0.2) is 48.5 Å². The highest BCUT2D eigenvalue weighted by atomic mass is 19.1. The van der Waals surface area contributed by atoms with Gasteiger partial charge in [-0.25, -0.2) is 9.07 Å². The van der Waals surface area contributed by atoms with Gasteiger partial charge in [-0.15, -0.1) is 0 Å². The number of para-hydroxylation sites is 1. The molecule has 170 valence electrons. The van der Waals surface area contributed by atoms with Crippen LogP contribution in [0.1, 0.15) is 39.0 Å². The molecule has 0 spiro atoms. The molecule has 2 heterocycles. The van der Waals surface area contributed by atoms with Crippen LogP contribution in [-0.4, -0.2) is 58.3 Å². The van der Waals surface area contributed by atoms with Crippen LogP contribution in [0.25, 0.3) is 5.69 Å². The molecule has 33 heavy (non-hydrogen) atoms. The van der Waals surface area contributed by atoms with Gasteiger partial charge in [-0.05, 0) is 51.1 Å². The Morgan fingerprint density at radius 2 is 1.61 bits per heavy atom. The van der Waals surface area contributed by atoms with Crippen molar-refractivity contribution >= 4 is 23.2 Å². The van der Waals surface area contributed by atoms with Crippen molar-refractivity contribution in [1.82, 2.24) is 14.7 Å². The van der Waals surface area contributed by atoms with E-state index in [2.05, 4.69) is 5.10 Å². The Labute approximate surface area is 191 Å². The van der Waals surface area contributed by atoms with E-state index in [1.54, 1.807) is 30.7 Å². The molecule has 0 N–H and O–H groups in total. The molecule has 0 saturated carbocycles. The molecule has 0 aliphatic carbocycles. The van der Waals surface area contributed by atoms with Crippen LogP contribution in [0, 0.1) is 19.7 Å². The first kappa shape index (κ1) is 22.4. The minimum Gasteiger partial charge on any atom is -0.366 e. The highest BCUT2D eigenvalue weighted by Gasteiger charge is 2.31. The predicted octanol–water partition coefficient (Wildman–Crippen LogP) is 3.36. The van der Waals surface area contributed by atoms with Gasteiger partial charge in [-0.2, -0.15) is 5.10 Å². The van der Waals surface area contributed by atoms with E-state index in [1.807, 2.05) is 35.2 Å². The molecule has 1 fully saturated rings. The van der Waals surface area contributed by atoms with E-state index in [1.165, 1.54) is 17.9 Å². The Balaban J connectivity index is 1.47. The summed E-state index contributed by atoms with van der Waals surface area (Å²) in [5, 5.41) is 4.46. The molecule has 1 aliphatic rings. The van der Waals surface area contributed by atoms with Crippen LogP contribution in [0.3, 0.4) is 0 Å².